The molecule has 1 aromatic carbocycles. The smallest absolute Gasteiger partial charge is 0.324 e. The van der Waals surface area contributed by atoms with Gasteiger partial charge in [-0.2, -0.15) is 0 Å². The van der Waals surface area contributed by atoms with Crippen LogP contribution in [0.2, 0.25) is 0 Å². The van der Waals surface area contributed by atoms with Crippen LogP contribution in [-0.4, -0.2) is 22.3 Å². The third-order valence-corrected chi connectivity index (χ3v) is 5.11. The van der Waals surface area contributed by atoms with Gasteiger partial charge in [-0.25, -0.2) is 13.8 Å². The first-order valence-electron chi connectivity index (χ1n) is 8.36. The molecule has 1 aliphatic carbocycles. The highest BCUT2D eigenvalue weighted by molar-refractivity contribution is 5.50. The van der Waals surface area contributed by atoms with Crippen molar-refractivity contribution >= 4 is 5.82 Å². The molecule has 2 heterocycles. The van der Waals surface area contributed by atoms with E-state index < -0.39 is 5.69 Å². The van der Waals surface area contributed by atoms with Crippen LogP contribution in [-0.2, 0) is 6.54 Å². The molecule has 126 valence electrons. The van der Waals surface area contributed by atoms with E-state index in [1.54, 1.807) is 0 Å². The van der Waals surface area contributed by atoms with Crippen molar-refractivity contribution in [3.05, 3.63) is 56.5 Å². The first-order valence-corrected chi connectivity index (χ1v) is 8.36. The second-order valence-corrected chi connectivity index (χ2v) is 6.57. The first kappa shape index (κ1) is 15.1. The molecule has 1 atom stereocenters. The summed E-state index contributed by atoms with van der Waals surface area (Å²) < 4.78 is 14.6. The highest BCUT2D eigenvalue weighted by Gasteiger charge is 2.32. The van der Waals surface area contributed by atoms with Gasteiger partial charge in [0.2, 0.25) is 0 Å². The van der Waals surface area contributed by atoms with E-state index in [1.807, 2.05) is 0 Å². The molecule has 0 spiro atoms. The van der Waals surface area contributed by atoms with Crippen molar-refractivity contribution < 1.29 is 9.29 Å². The molecule has 1 fully saturated rings. The van der Waals surface area contributed by atoms with E-state index in [0.717, 1.165) is 0 Å². The standard InChI is InChI=1S/C17H19FN4O2/c18-11-5-7-13(8-6-11)22-15-14(16(23)20-17(22)24)9-21(10-19-15)12-3-1-2-4-12/h5-8,12,19H,1-4,9-10H2,(H,20,23,24)/p+1. The average molecular weight is 331 g/mol. The monoisotopic (exact) mass is 331 g/mol. The van der Waals surface area contributed by atoms with Gasteiger partial charge in [-0.3, -0.25) is 9.78 Å². The Balaban J connectivity index is 1.78. The van der Waals surface area contributed by atoms with Gasteiger partial charge >= 0.3 is 5.69 Å². The minimum absolute atomic E-state index is 0.337. The Kier molecular flexibility index (Phi) is 3.72. The lowest BCUT2D eigenvalue weighted by Gasteiger charge is -2.31. The summed E-state index contributed by atoms with van der Waals surface area (Å²) >= 11 is 0. The number of benzene rings is 1. The highest BCUT2D eigenvalue weighted by Crippen LogP contribution is 2.19. The number of H-pyrrole nitrogens is 1. The fourth-order valence-corrected chi connectivity index (χ4v) is 3.87. The second kappa shape index (κ2) is 5.90. The van der Waals surface area contributed by atoms with Gasteiger partial charge < -0.3 is 10.2 Å². The van der Waals surface area contributed by atoms with E-state index in [1.165, 1.54) is 59.4 Å². The maximum absolute atomic E-state index is 13.2. The summed E-state index contributed by atoms with van der Waals surface area (Å²) in [6, 6.07) is 6.24. The predicted molar refractivity (Wildman–Crippen MR) is 88.0 cm³/mol. The topological polar surface area (TPSA) is 71.3 Å². The molecular formula is C17H20FN4O2+. The fraction of sp³-hybridized carbons (Fsp3) is 0.412. The number of nitrogens with zero attached hydrogens (tertiary/aromatic N) is 1. The van der Waals surface area contributed by atoms with Crippen molar-refractivity contribution in [1.82, 2.24) is 9.55 Å². The molecule has 0 saturated heterocycles. The van der Waals surface area contributed by atoms with Crippen LogP contribution < -0.4 is 21.5 Å². The lowest BCUT2D eigenvalue weighted by Crippen LogP contribution is -3.16. The van der Waals surface area contributed by atoms with Crippen molar-refractivity contribution in [1.29, 1.82) is 0 Å². The number of hydrogen-bond acceptors (Lipinski definition) is 3. The number of hydrogen-bond donors (Lipinski definition) is 3. The van der Waals surface area contributed by atoms with Crippen LogP contribution in [0.25, 0.3) is 5.69 Å². The predicted octanol–water partition coefficient (Wildman–Crippen LogP) is 0.375. The lowest BCUT2D eigenvalue weighted by atomic mass is 10.1. The maximum Gasteiger partial charge on any atom is 0.334 e. The van der Waals surface area contributed by atoms with Crippen LogP contribution in [0.5, 0.6) is 0 Å². The number of nitrogens with one attached hydrogen (secondary N) is 3. The summed E-state index contributed by atoms with van der Waals surface area (Å²) in [6.07, 6.45) is 4.85. The molecule has 2 aromatic rings. The van der Waals surface area contributed by atoms with Crippen molar-refractivity contribution in [2.45, 2.75) is 38.3 Å². The van der Waals surface area contributed by atoms with Crippen molar-refractivity contribution in [3.8, 4) is 5.69 Å². The molecule has 1 aromatic heterocycles. The van der Waals surface area contributed by atoms with Gasteiger partial charge in [0.1, 0.15) is 23.7 Å². The Labute approximate surface area is 137 Å². The Morgan fingerprint density at radius 3 is 2.54 bits per heavy atom. The summed E-state index contributed by atoms with van der Waals surface area (Å²) in [5.74, 6) is 0.159. The zero-order valence-electron chi connectivity index (χ0n) is 13.3. The summed E-state index contributed by atoms with van der Waals surface area (Å²) in [5.41, 5.74) is 0.274. The van der Waals surface area contributed by atoms with E-state index in [0.29, 0.717) is 36.3 Å². The third kappa shape index (κ3) is 2.54. The summed E-state index contributed by atoms with van der Waals surface area (Å²) in [7, 11) is 0. The quantitative estimate of drug-likeness (QED) is 0.745. The molecule has 3 N–H and O–H groups in total. The largest absolute Gasteiger partial charge is 0.334 e. The molecule has 0 bridgehead atoms. The summed E-state index contributed by atoms with van der Waals surface area (Å²) in [5, 5.41) is 3.27. The zero-order chi connectivity index (χ0) is 16.7. The number of anilines is 1. The molecule has 4 rings (SSSR count). The van der Waals surface area contributed by atoms with Gasteiger partial charge in [0.25, 0.3) is 5.56 Å². The molecule has 7 heteroatoms. The number of aromatic amines is 1. The van der Waals surface area contributed by atoms with Crippen LogP contribution in [0.15, 0.2) is 33.9 Å². The van der Waals surface area contributed by atoms with Gasteiger partial charge in [-0.15, -0.1) is 0 Å². The molecule has 24 heavy (non-hydrogen) atoms. The van der Waals surface area contributed by atoms with Crippen LogP contribution in [0.3, 0.4) is 0 Å². The molecule has 6 nitrogen and oxygen atoms in total. The Morgan fingerprint density at radius 2 is 1.83 bits per heavy atom. The number of aromatic nitrogens is 2. The zero-order valence-corrected chi connectivity index (χ0v) is 13.3. The van der Waals surface area contributed by atoms with Crippen LogP contribution in [0.1, 0.15) is 31.2 Å². The molecule has 1 unspecified atom stereocenters. The van der Waals surface area contributed by atoms with Crippen LogP contribution >= 0.6 is 0 Å². The minimum atomic E-state index is -0.512. The SMILES string of the molecule is O=c1[nH]c(=O)n(-c2ccc(F)cc2)c2c1C[NH+](C1CCCC1)CN2. The van der Waals surface area contributed by atoms with E-state index in [2.05, 4.69) is 10.3 Å². The highest BCUT2D eigenvalue weighted by atomic mass is 19.1. The number of fused-ring (bicyclic) bond motifs is 1. The molecule has 1 saturated carbocycles. The molecule has 0 radical (unpaired) electrons. The lowest BCUT2D eigenvalue weighted by molar-refractivity contribution is -0.936. The molecular weight excluding hydrogens is 311 g/mol. The maximum atomic E-state index is 13.2. The Hall–Kier alpha value is -2.41. The van der Waals surface area contributed by atoms with Gasteiger partial charge in [0.15, 0.2) is 6.67 Å². The normalized spacial score (nSPS) is 20.6. The minimum Gasteiger partial charge on any atom is -0.324 e. The van der Waals surface area contributed by atoms with E-state index in [9.17, 15) is 14.0 Å². The fourth-order valence-electron chi connectivity index (χ4n) is 3.87. The summed E-state index contributed by atoms with van der Waals surface area (Å²) in [4.78, 5) is 28.3. The number of halogens is 1. The number of quaternary nitrogens is 1. The van der Waals surface area contributed by atoms with Gasteiger partial charge in [0, 0.05) is 0 Å². The third-order valence-electron chi connectivity index (χ3n) is 5.11. The van der Waals surface area contributed by atoms with E-state index in [-0.39, 0.29) is 11.4 Å². The van der Waals surface area contributed by atoms with Gasteiger partial charge in [-0.05, 0) is 49.9 Å². The van der Waals surface area contributed by atoms with Crippen molar-refractivity contribution in [2.24, 2.45) is 0 Å². The Bertz CT molecular complexity index is 866. The molecule has 0 amide bonds. The first-order chi connectivity index (χ1) is 11.6. The van der Waals surface area contributed by atoms with Crippen molar-refractivity contribution in [3.63, 3.8) is 0 Å². The van der Waals surface area contributed by atoms with Gasteiger partial charge in [-0.1, -0.05) is 0 Å². The van der Waals surface area contributed by atoms with Crippen LogP contribution in [0, 0.1) is 5.82 Å². The Morgan fingerprint density at radius 1 is 1.12 bits per heavy atom. The van der Waals surface area contributed by atoms with Gasteiger partial charge in [0.05, 0.1) is 11.7 Å². The molecule has 1 aliphatic heterocycles. The second-order valence-electron chi connectivity index (χ2n) is 6.57. The van der Waals surface area contributed by atoms with Crippen molar-refractivity contribution in [2.75, 3.05) is 12.0 Å². The van der Waals surface area contributed by atoms with E-state index >= 15 is 0 Å². The molecule has 2 aliphatic rings. The number of rotatable bonds is 2. The summed E-state index contributed by atoms with van der Waals surface area (Å²) in [6.45, 7) is 1.28. The average Bonchev–Trinajstić information content (AvgIpc) is 3.11. The van der Waals surface area contributed by atoms with Crippen LogP contribution in [0.4, 0.5) is 10.2 Å². The van der Waals surface area contributed by atoms with E-state index in [4.69, 9.17) is 0 Å².